The van der Waals surface area contributed by atoms with E-state index in [0.29, 0.717) is 25.1 Å². The Morgan fingerprint density at radius 2 is 1.84 bits per heavy atom. The molecule has 2 aliphatic heterocycles. The van der Waals surface area contributed by atoms with Gasteiger partial charge in [0.2, 0.25) is 5.91 Å². The largest absolute Gasteiger partial charge is 0.497 e. The van der Waals surface area contributed by atoms with E-state index in [9.17, 15) is 18.0 Å². The van der Waals surface area contributed by atoms with E-state index in [0.717, 1.165) is 42.6 Å². The highest BCUT2D eigenvalue weighted by molar-refractivity contribution is 5.83. The number of alkyl halides is 3. The molecule has 2 atom stereocenters. The quantitative estimate of drug-likeness (QED) is 0.777. The Morgan fingerprint density at radius 3 is 2.50 bits per heavy atom. The zero-order valence-electron chi connectivity index (χ0n) is 17.9. The first-order chi connectivity index (χ1) is 15.3. The Bertz CT molecular complexity index is 1000. The second kappa shape index (κ2) is 7.90. The number of methoxy groups -OCH3 is 1. The Morgan fingerprint density at radius 1 is 1.09 bits per heavy atom. The van der Waals surface area contributed by atoms with Crippen LogP contribution in [-0.2, 0) is 17.4 Å². The molecule has 2 aromatic rings. The normalized spacial score (nSPS) is 22.8. The van der Waals surface area contributed by atoms with E-state index in [-0.39, 0.29) is 18.0 Å². The number of amides is 1. The number of fused-ring (bicyclic) bond motifs is 3. The van der Waals surface area contributed by atoms with Gasteiger partial charge in [0.25, 0.3) is 0 Å². The number of ether oxygens (including phenoxy) is 1. The lowest BCUT2D eigenvalue weighted by molar-refractivity contribution is -0.137. The van der Waals surface area contributed by atoms with Gasteiger partial charge in [-0.1, -0.05) is 0 Å². The highest BCUT2D eigenvalue weighted by atomic mass is 19.4. The number of nitrogens with zero attached hydrogens (tertiary/aromatic N) is 2. The van der Waals surface area contributed by atoms with Crippen LogP contribution in [0.15, 0.2) is 42.5 Å². The molecular formula is C24H26F3N3O2. The highest BCUT2D eigenvalue weighted by Gasteiger charge is 2.43. The summed E-state index contributed by atoms with van der Waals surface area (Å²) in [6, 6.07) is 11.9. The van der Waals surface area contributed by atoms with Crippen LogP contribution in [0.2, 0.25) is 0 Å². The lowest BCUT2D eigenvalue weighted by Gasteiger charge is -2.49. The van der Waals surface area contributed by atoms with Crippen LogP contribution in [0.5, 0.6) is 5.75 Å². The minimum absolute atomic E-state index is 0.0536. The molecule has 1 saturated carbocycles. The summed E-state index contributed by atoms with van der Waals surface area (Å²) >= 11 is 0. The van der Waals surface area contributed by atoms with E-state index in [4.69, 9.17) is 4.74 Å². The number of hydrogen-bond donors (Lipinski definition) is 1. The van der Waals surface area contributed by atoms with Crippen LogP contribution >= 0.6 is 0 Å². The van der Waals surface area contributed by atoms with Crippen LogP contribution in [0.3, 0.4) is 0 Å². The molecule has 1 saturated heterocycles. The summed E-state index contributed by atoms with van der Waals surface area (Å²) in [5.74, 6) is 0.330. The van der Waals surface area contributed by atoms with Crippen LogP contribution < -0.4 is 19.9 Å². The van der Waals surface area contributed by atoms with E-state index in [1.54, 1.807) is 13.2 Å². The number of carbonyl (C=O) groups is 1. The molecule has 0 aromatic heterocycles. The number of halogens is 3. The fourth-order valence-electron chi connectivity index (χ4n) is 4.86. The summed E-state index contributed by atoms with van der Waals surface area (Å²) in [6.45, 7) is 2.00. The molecular weight excluding hydrogens is 419 g/mol. The summed E-state index contributed by atoms with van der Waals surface area (Å²) in [5, 5.41) is 3.08. The van der Waals surface area contributed by atoms with E-state index in [1.165, 1.54) is 6.07 Å². The summed E-state index contributed by atoms with van der Waals surface area (Å²) in [7, 11) is 1.63. The van der Waals surface area contributed by atoms with Crippen LogP contribution in [0.4, 0.5) is 24.5 Å². The van der Waals surface area contributed by atoms with Crippen molar-refractivity contribution < 1.29 is 22.7 Å². The number of nitrogens with one attached hydrogen (secondary N) is 1. The average molecular weight is 445 g/mol. The van der Waals surface area contributed by atoms with Gasteiger partial charge in [0, 0.05) is 37.1 Å². The minimum atomic E-state index is -4.40. The Labute approximate surface area is 185 Å². The lowest BCUT2D eigenvalue weighted by atomic mass is 9.82. The molecule has 2 heterocycles. The predicted octanol–water partition coefficient (Wildman–Crippen LogP) is 3.86. The number of rotatable bonds is 4. The van der Waals surface area contributed by atoms with Crippen molar-refractivity contribution >= 4 is 17.3 Å². The highest BCUT2D eigenvalue weighted by Crippen LogP contribution is 2.40. The zero-order chi connectivity index (χ0) is 22.5. The minimum Gasteiger partial charge on any atom is -0.497 e. The Kier molecular flexibility index (Phi) is 5.18. The van der Waals surface area contributed by atoms with Gasteiger partial charge < -0.3 is 19.9 Å². The Hall–Kier alpha value is -2.90. The fraction of sp³-hybridized carbons (Fsp3) is 0.458. The topological polar surface area (TPSA) is 44.8 Å². The fourth-order valence-corrected chi connectivity index (χ4v) is 4.86. The molecule has 0 spiro atoms. The van der Waals surface area contributed by atoms with Crippen molar-refractivity contribution in [3.05, 3.63) is 53.6 Å². The van der Waals surface area contributed by atoms with Gasteiger partial charge in [-0.25, -0.2) is 0 Å². The third-order valence-electron chi connectivity index (χ3n) is 6.74. The average Bonchev–Trinajstić information content (AvgIpc) is 3.61. The molecule has 1 N–H and O–H groups in total. The van der Waals surface area contributed by atoms with E-state index in [1.807, 2.05) is 24.3 Å². The number of hydrogen-bond acceptors (Lipinski definition) is 4. The monoisotopic (exact) mass is 445 g/mol. The van der Waals surface area contributed by atoms with Gasteiger partial charge in [0.1, 0.15) is 5.75 Å². The molecule has 1 amide bonds. The van der Waals surface area contributed by atoms with Crippen molar-refractivity contribution in [2.24, 2.45) is 5.92 Å². The van der Waals surface area contributed by atoms with Gasteiger partial charge in [-0.2, -0.15) is 13.2 Å². The van der Waals surface area contributed by atoms with Crippen molar-refractivity contribution in [2.75, 3.05) is 36.5 Å². The first-order valence-electron chi connectivity index (χ1n) is 11.0. The van der Waals surface area contributed by atoms with Crippen LogP contribution in [0, 0.1) is 5.92 Å². The van der Waals surface area contributed by atoms with Gasteiger partial charge in [-0.3, -0.25) is 4.79 Å². The molecule has 8 heteroatoms. The first-order valence-corrected chi connectivity index (χ1v) is 11.0. The number of benzene rings is 2. The maximum absolute atomic E-state index is 13.3. The molecule has 0 unspecified atom stereocenters. The molecule has 3 aliphatic rings. The third-order valence-corrected chi connectivity index (χ3v) is 6.74. The molecule has 170 valence electrons. The van der Waals surface area contributed by atoms with Gasteiger partial charge >= 0.3 is 6.18 Å². The van der Waals surface area contributed by atoms with Crippen LogP contribution in [-0.4, -0.2) is 44.7 Å². The standard InChI is InChI=1S/C24H26F3N3O2/c1-32-19-7-5-18(6-8-19)29-10-11-30-21-9-2-16(24(25,26)27)12-15(21)13-20(22(30)14-29)23(31)28-17-3-4-17/h2,5-9,12,17,20,22H,3-4,10-11,13-14H2,1H3,(H,28,31)/t20-,22-/m1/s1. The maximum Gasteiger partial charge on any atom is 0.416 e. The zero-order valence-corrected chi connectivity index (χ0v) is 17.9. The maximum atomic E-state index is 13.3. The van der Waals surface area contributed by atoms with E-state index in [2.05, 4.69) is 15.1 Å². The number of anilines is 2. The van der Waals surface area contributed by atoms with Crippen molar-refractivity contribution in [2.45, 2.75) is 37.5 Å². The smallest absolute Gasteiger partial charge is 0.416 e. The van der Waals surface area contributed by atoms with E-state index >= 15 is 0 Å². The second-order valence-electron chi connectivity index (χ2n) is 8.84. The molecule has 0 radical (unpaired) electrons. The summed E-state index contributed by atoms with van der Waals surface area (Å²) in [5.41, 5.74) is 1.80. The molecule has 5 rings (SSSR count). The molecule has 5 nitrogen and oxygen atoms in total. The summed E-state index contributed by atoms with van der Waals surface area (Å²) in [6.07, 6.45) is -2.14. The van der Waals surface area contributed by atoms with Gasteiger partial charge in [0.15, 0.2) is 0 Å². The first kappa shape index (κ1) is 21.0. The van der Waals surface area contributed by atoms with Crippen molar-refractivity contribution in [1.82, 2.24) is 5.32 Å². The Balaban J connectivity index is 1.45. The van der Waals surface area contributed by atoms with Crippen LogP contribution in [0.25, 0.3) is 0 Å². The van der Waals surface area contributed by atoms with Gasteiger partial charge in [0.05, 0.1) is 24.6 Å². The number of piperazine rings is 1. The predicted molar refractivity (Wildman–Crippen MR) is 116 cm³/mol. The molecule has 32 heavy (non-hydrogen) atoms. The van der Waals surface area contributed by atoms with Crippen molar-refractivity contribution in [1.29, 1.82) is 0 Å². The van der Waals surface area contributed by atoms with E-state index < -0.39 is 17.7 Å². The van der Waals surface area contributed by atoms with Crippen LogP contribution in [0.1, 0.15) is 24.0 Å². The lowest BCUT2D eigenvalue weighted by Crippen LogP contribution is -2.61. The van der Waals surface area contributed by atoms with Crippen molar-refractivity contribution in [3.8, 4) is 5.75 Å². The van der Waals surface area contributed by atoms with Gasteiger partial charge in [-0.15, -0.1) is 0 Å². The molecule has 2 aromatic carbocycles. The molecule has 1 aliphatic carbocycles. The molecule has 2 fully saturated rings. The molecule has 0 bridgehead atoms. The van der Waals surface area contributed by atoms with Crippen molar-refractivity contribution in [3.63, 3.8) is 0 Å². The SMILES string of the molecule is COc1ccc(N2CCN3c4ccc(C(F)(F)F)cc4C[C@@H](C(=O)NC4CC4)[C@H]3C2)cc1. The van der Waals surface area contributed by atoms with Gasteiger partial charge in [-0.05, 0) is 67.3 Å². The summed E-state index contributed by atoms with van der Waals surface area (Å²) in [4.78, 5) is 17.5. The summed E-state index contributed by atoms with van der Waals surface area (Å²) < 4.78 is 45.2. The number of carbonyl (C=O) groups excluding carboxylic acids is 1. The second-order valence-corrected chi connectivity index (χ2v) is 8.84. The third kappa shape index (κ3) is 3.98.